The molecule has 2 aliphatic rings. The van der Waals surface area contributed by atoms with E-state index in [1.807, 2.05) is 11.9 Å². The van der Waals surface area contributed by atoms with Crippen LogP contribution in [0.2, 0.25) is 0 Å². The number of piperidine rings is 1. The Morgan fingerprint density at radius 1 is 1.05 bits per heavy atom. The summed E-state index contributed by atoms with van der Waals surface area (Å²) in [7, 11) is 2.01. The lowest BCUT2D eigenvalue weighted by Crippen LogP contribution is -2.49. The second-order valence-corrected chi connectivity index (χ2v) is 6.96. The van der Waals surface area contributed by atoms with Crippen molar-refractivity contribution in [1.82, 2.24) is 15.1 Å². The maximum absolute atomic E-state index is 12.6. The summed E-state index contributed by atoms with van der Waals surface area (Å²) >= 11 is 0. The van der Waals surface area contributed by atoms with Crippen LogP contribution in [-0.2, 0) is 4.79 Å². The van der Waals surface area contributed by atoms with E-state index in [0.29, 0.717) is 24.5 Å². The fraction of sp³-hybridized carbons (Fsp3) is 0.941. The van der Waals surface area contributed by atoms with Gasteiger partial charge < -0.3 is 10.2 Å². The van der Waals surface area contributed by atoms with Crippen molar-refractivity contribution < 1.29 is 4.79 Å². The Bertz CT molecular complexity index is 320. The molecule has 1 aliphatic carbocycles. The van der Waals surface area contributed by atoms with Crippen LogP contribution >= 0.6 is 0 Å². The van der Waals surface area contributed by atoms with Crippen LogP contribution in [0.15, 0.2) is 0 Å². The number of amides is 1. The minimum absolute atomic E-state index is 0.315. The van der Waals surface area contributed by atoms with E-state index in [0.717, 1.165) is 25.6 Å². The van der Waals surface area contributed by atoms with Crippen LogP contribution in [0.1, 0.15) is 52.4 Å². The molecule has 2 fully saturated rings. The van der Waals surface area contributed by atoms with Crippen LogP contribution in [0.5, 0.6) is 0 Å². The highest BCUT2D eigenvalue weighted by Gasteiger charge is 2.27. The molecule has 0 unspecified atom stereocenters. The summed E-state index contributed by atoms with van der Waals surface area (Å²) in [5.41, 5.74) is 0. The van der Waals surface area contributed by atoms with Gasteiger partial charge in [-0.1, -0.05) is 13.8 Å². The van der Waals surface area contributed by atoms with Crippen LogP contribution in [0, 0.1) is 5.92 Å². The third-order valence-corrected chi connectivity index (χ3v) is 5.50. The predicted molar refractivity (Wildman–Crippen MR) is 87.3 cm³/mol. The largest absolute Gasteiger partial charge is 0.342 e. The van der Waals surface area contributed by atoms with E-state index >= 15 is 0 Å². The number of nitrogens with zero attached hydrogens (tertiary/aromatic N) is 2. The zero-order chi connectivity index (χ0) is 15.2. The van der Waals surface area contributed by atoms with Gasteiger partial charge in [-0.2, -0.15) is 0 Å². The first-order valence-corrected chi connectivity index (χ1v) is 8.82. The second kappa shape index (κ2) is 8.14. The monoisotopic (exact) mass is 295 g/mol. The van der Waals surface area contributed by atoms with Crippen LogP contribution < -0.4 is 5.32 Å². The maximum atomic E-state index is 12.6. The summed E-state index contributed by atoms with van der Waals surface area (Å²) < 4.78 is 0. The zero-order valence-electron chi connectivity index (χ0n) is 14.1. The highest BCUT2D eigenvalue weighted by atomic mass is 16.2. The molecule has 1 aliphatic heterocycles. The van der Waals surface area contributed by atoms with Gasteiger partial charge in [0.15, 0.2) is 0 Å². The van der Waals surface area contributed by atoms with Crippen molar-refractivity contribution in [3.63, 3.8) is 0 Å². The lowest BCUT2D eigenvalue weighted by molar-refractivity contribution is -0.134. The van der Waals surface area contributed by atoms with Gasteiger partial charge in [0, 0.05) is 19.1 Å². The normalized spacial score (nSPS) is 27.8. The molecule has 1 heterocycles. The van der Waals surface area contributed by atoms with Crippen molar-refractivity contribution in [1.29, 1.82) is 0 Å². The van der Waals surface area contributed by atoms with Crippen LogP contribution in [0.3, 0.4) is 0 Å². The minimum atomic E-state index is 0.315. The van der Waals surface area contributed by atoms with Gasteiger partial charge in [0.2, 0.25) is 5.91 Å². The molecular formula is C17H33N3O. The van der Waals surface area contributed by atoms with Gasteiger partial charge >= 0.3 is 0 Å². The van der Waals surface area contributed by atoms with Gasteiger partial charge in [-0.25, -0.2) is 0 Å². The smallest absolute Gasteiger partial charge is 0.236 e. The summed E-state index contributed by atoms with van der Waals surface area (Å²) in [5, 5.41) is 3.40. The van der Waals surface area contributed by atoms with Crippen molar-refractivity contribution in [2.24, 2.45) is 5.92 Å². The minimum Gasteiger partial charge on any atom is -0.342 e. The number of likely N-dealkylation sites (N-methyl/N-ethyl adjacent to an activating group) is 2. The first kappa shape index (κ1) is 16.8. The standard InChI is InChI=1S/C17H33N3O/c1-4-20(16-9-11-18-12-10-16)13-17(21)19(3)15-7-5-14(2)6-8-15/h14-16,18H,4-13H2,1-3H3. The van der Waals surface area contributed by atoms with Crippen molar-refractivity contribution in [2.45, 2.75) is 64.5 Å². The number of hydrogen-bond acceptors (Lipinski definition) is 3. The molecule has 4 nitrogen and oxygen atoms in total. The number of nitrogens with one attached hydrogen (secondary N) is 1. The fourth-order valence-corrected chi connectivity index (χ4v) is 3.79. The lowest BCUT2D eigenvalue weighted by atomic mass is 9.87. The van der Waals surface area contributed by atoms with Crippen LogP contribution in [-0.4, -0.2) is 61.0 Å². The molecule has 2 rings (SSSR count). The molecule has 0 radical (unpaired) electrons. The molecule has 1 amide bonds. The molecule has 0 spiro atoms. The van der Waals surface area contributed by atoms with E-state index in [1.54, 1.807) is 0 Å². The summed E-state index contributed by atoms with van der Waals surface area (Å²) in [4.78, 5) is 17.0. The van der Waals surface area contributed by atoms with Crippen molar-refractivity contribution >= 4 is 5.91 Å². The molecule has 0 aromatic rings. The van der Waals surface area contributed by atoms with Crippen molar-refractivity contribution in [3.8, 4) is 0 Å². The van der Waals surface area contributed by atoms with Gasteiger partial charge in [-0.3, -0.25) is 9.69 Å². The Balaban J connectivity index is 1.83. The average molecular weight is 295 g/mol. The Morgan fingerprint density at radius 3 is 2.24 bits per heavy atom. The summed E-state index contributed by atoms with van der Waals surface area (Å²) in [6.07, 6.45) is 7.26. The Hall–Kier alpha value is -0.610. The van der Waals surface area contributed by atoms with Crippen LogP contribution in [0.25, 0.3) is 0 Å². The molecule has 0 aromatic carbocycles. The third-order valence-electron chi connectivity index (χ3n) is 5.50. The number of hydrogen-bond donors (Lipinski definition) is 1. The van der Waals surface area contributed by atoms with E-state index in [-0.39, 0.29) is 0 Å². The van der Waals surface area contributed by atoms with Gasteiger partial charge in [0.25, 0.3) is 0 Å². The zero-order valence-corrected chi connectivity index (χ0v) is 14.1. The van der Waals surface area contributed by atoms with E-state index in [4.69, 9.17) is 0 Å². The van der Waals surface area contributed by atoms with Gasteiger partial charge in [-0.15, -0.1) is 0 Å². The molecule has 1 saturated carbocycles. The predicted octanol–water partition coefficient (Wildman–Crippen LogP) is 2.10. The number of carbonyl (C=O) groups excluding carboxylic acids is 1. The van der Waals surface area contributed by atoms with Gasteiger partial charge in [0.1, 0.15) is 0 Å². The highest BCUT2D eigenvalue weighted by Crippen LogP contribution is 2.26. The molecule has 21 heavy (non-hydrogen) atoms. The van der Waals surface area contributed by atoms with E-state index in [2.05, 4.69) is 24.1 Å². The molecule has 1 saturated heterocycles. The molecular weight excluding hydrogens is 262 g/mol. The van der Waals surface area contributed by atoms with Crippen molar-refractivity contribution in [2.75, 3.05) is 33.2 Å². The quantitative estimate of drug-likeness (QED) is 0.844. The van der Waals surface area contributed by atoms with Gasteiger partial charge in [-0.05, 0) is 64.1 Å². The van der Waals surface area contributed by atoms with Crippen molar-refractivity contribution in [3.05, 3.63) is 0 Å². The van der Waals surface area contributed by atoms with Crippen LogP contribution in [0.4, 0.5) is 0 Å². The summed E-state index contributed by atoms with van der Waals surface area (Å²) in [6, 6.07) is 1.06. The second-order valence-electron chi connectivity index (χ2n) is 6.96. The molecule has 122 valence electrons. The summed E-state index contributed by atoms with van der Waals surface area (Å²) in [5.74, 6) is 1.15. The molecule has 4 heteroatoms. The Morgan fingerprint density at radius 2 is 1.67 bits per heavy atom. The molecule has 0 atom stereocenters. The Kier molecular flexibility index (Phi) is 6.49. The molecule has 0 bridgehead atoms. The Labute approximate surface area is 130 Å². The topological polar surface area (TPSA) is 35.6 Å². The SMILES string of the molecule is CCN(CC(=O)N(C)C1CCC(C)CC1)C1CCNCC1. The average Bonchev–Trinajstić information content (AvgIpc) is 2.53. The number of carbonyl (C=O) groups is 1. The first-order valence-electron chi connectivity index (χ1n) is 8.82. The lowest BCUT2D eigenvalue weighted by Gasteiger charge is -2.37. The summed E-state index contributed by atoms with van der Waals surface area (Å²) in [6.45, 7) is 8.26. The van der Waals surface area contributed by atoms with Gasteiger partial charge in [0.05, 0.1) is 6.54 Å². The fourth-order valence-electron chi connectivity index (χ4n) is 3.79. The number of rotatable bonds is 5. The maximum Gasteiger partial charge on any atom is 0.236 e. The molecule has 0 aromatic heterocycles. The highest BCUT2D eigenvalue weighted by molar-refractivity contribution is 5.78. The van der Waals surface area contributed by atoms with E-state index in [1.165, 1.54) is 38.5 Å². The third kappa shape index (κ3) is 4.68. The van der Waals surface area contributed by atoms with E-state index < -0.39 is 0 Å². The van der Waals surface area contributed by atoms with E-state index in [9.17, 15) is 4.79 Å². The first-order chi connectivity index (χ1) is 10.1. The molecule has 1 N–H and O–H groups in total.